The Morgan fingerprint density at radius 3 is 2.57 bits per heavy atom. The zero-order chi connectivity index (χ0) is 15.3. The first kappa shape index (κ1) is 16.3. The summed E-state index contributed by atoms with van der Waals surface area (Å²) in [6.07, 6.45) is 3.56. The van der Waals surface area contributed by atoms with Crippen LogP contribution in [0.5, 0.6) is 0 Å². The molecule has 2 rings (SSSR count). The van der Waals surface area contributed by atoms with E-state index in [0.717, 1.165) is 37.9 Å². The van der Waals surface area contributed by atoms with Gasteiger partial charge < -0.3 is 10.4 Å². The topological polar surface area (TPSA) is 69.6 Å². The molecule has 118 valence electrons. The fraction of sp³-hybridized carbons (Fsp3) is 0.600. The van der Waals surface area contributed by atoms with Crippen molar-refractivity contribution in [2.75, 3.05) is 25.0 Å². The number of nitrogens with zero attached hydrogens (tertiary/aromatic N) is 1. The van der Waals surface area contributed by atoms with E-state index < -0.39 is 10.0 Å². The molecule has 0 spiro atoms. The van der Waals surface area contributed by atoms with Crippen LogP contribution in [0.15, 0.2) is 29.2 Å². The summed E-state index contributed by atoms with van der Waals surface area (Å²) in [5.74, 6) is 0. The molecule has 0 aromatic heterocycles. The predicted molar refractivity (Wildman–Crippen MR) is 83.8 cm³/mol. The highest BCUT2D eigenvalue weighted by atomic mass is 32.2. The van der Waals surface area contributed by atoms with E-state index in [1.54, 1.807) is 24.3 Å². The zero-order valence-corrected chi connectivity index (χ0v) is 13.3. The Bertz CT molecular complexity index is 543. The molecule has 1 aromatic carbocycles. The molecule has 5 nitrogen and oxygen atoms in total. The second-order valence-corrected chi connectivity index (χ2v) is 7.25. The summed E-state index contributed by atoms with van der Waals surface area (Å²) in [5.41, 5.74) is 0.908. The molecule has 0 aliphatic carbocycles. The van der Waals surface area contributed by atoms with Crippen molar-refractivity contribution in [3.63, 3.8) is 0 Å². The Balaban J connectivity index is 2.26. The molecule has 0 bridgehead atoms. The predicted octanol–water partition coefficient (Wildman–Crippen LogP) is 2.04. The van der Waals surface area contributed by atoms with Crippen molar-refractivity contribution in [1.29, 1.82) is 0 Å². The Labute approximate surface area is 127 Å². The molecule has 0 radical (unpaired) electrons. The summed E-state index contributed by atoms with van der Waals surface area (Å²) in [6, 6.07) is 6.52. The number of hydrogen-bond donors (Lipinski definition) is 2. The average molecular weight is 312 g/mol. The van der Waals surface area contributed by atoms with Crippen molar-refractivity contribution in [2.24, 2.45) is 0 Å². The summed E-state index contributed by atoms with van der Waals surface area (Å²) < 4.78 is 27.0. The van der Waals surface area contributed by atoms with Gasteiger partial charge in [0.1, 0.15) is 0 Å². The highest BCUT2D eigenvalue weighted by molar-refractivity contribution is 7.89. The SMILES string of the molecule is CCNc1ccc(S(=O)(=O)N2CCCCCC2CO)cc1. The van der Waals surface area contributed by atoms with Crippen LogP contribution < -0.4 is 5.32 Å². The van der Waals surface area contributed by atoms with Gasteiger partial charge in [0.15, 0.2) is 0 Å². The monoisotopic (exact) mass is 312 g/mol. The Kier molecular flexibility index (Phi) is 5.61. The van der Waals surface area contributed by atoms with Gasteiger partial charge in [-0.3, -0.25) is 0 Å². The van der Waals surface area contributed by atoms with Crippen LogP contribution >= 0.6 is 0 Å². The van der Waals surface area contributed by atoms with Gasteiger partial charge in [-0.25, -0.2) is 8.42 Å². The molecular weight excluding hydrogens is 288 g/mol. The van der Waals surface area contributed by atoms with Crippen LogP contribution in [0.4, 0.5) is 5.69 Å². The first-order valence-corrected chi connectivity index (χ1v) is 9.00. The first-order chi connectivity index (χ1) is 10.1. The molecule has 1 unspecified atom stereocenters. The lowest BCUT2D eigenvalue weighted by Gasteiger charge is -2.27. The van der Waals surface area contributed by atoms with E-state index in [1.807, 2.05) is 6.92 Å². The minimum Gasteiger partial charge on any atom is -0.395 e. The molecule has 1 aromatic rings. The molecule has 0 amide bonds. The summed E-state index contributed by atoms with van der Waals surface area (Å²) in [4.78, 5) is 0.296. The van der Waals surface area contributed by atoms with Gasteiger partial charge in [0.25, 0.3) is 0 Å². The molecular formula is C15H24N2O3S. The minimum atomic E-state index is -3.53. The Morgan fingerprint density at radius 2 is 1.95 bits per heavy atom. The lowest BCUT2D eigenvalue weighted by atomic mass is 10.1. The number of aliphatic hydroxyl groups excluding tert-OH is 1. The molecule has 21 heavy (non-hydrogen) atoms. The van der Waals surface area contributed by atoms with E-state index in [1.165, 1.54) is 4.31 Å². The van der Waals surface area contributed by atoms with Crippen molar-refractivity contribution >= 4 is 15.7 Å². The third-order valence-corrected chi connectivity index (χ3v) is 5.84. The molecule has 6 heteroatoms. The summed E-state index contributed by atoms with van der Waals surface area (Å²) in [6.45, 7) is 3.16. The normalized spacial score (nSPS) is 21.0. The van der Waals surface area contributed by atoms with Gasteiger partial charge in [0, 0.05) is 24.8 Å². The fourth-order valence-electron chi connectivity index (χ4n) is 2.73. The molecule has 1 aliphatic rings. The standard InChI is InChI=1S/C15H24N2O3S/c1-2-16-13-7-9-15(10-8-13)21(19,20)17-11-5-3-4-6-14(17)12-18/h7-10,14,16,18H,2-6,11-12H2,1H3. The van der Waals surface area contributed by atoms with E-state index in [-0.39, 0.29) is 12.6 Å². The Morgan fingerprint density at radius 1 is 1.24 bits per heavy atom. The smallest absolute Gasteiger partial charge is 0.243 e. The van der Waals surface area contributed by atoms with Crippen molar-refractivity contribution in [2.45, 2.75) is 43.5 Å². The summed E-state index contributed by atoms with van der Waals surface area (Å²) >= 11 is 0. The van der Waals surface area contributed by atoms with Gasteiger partial charge in [-0.1, -0.05) is 12.8 Å². The van der Waals surface area contributed by atoms with Gasteiger partial charge in [0.05, 0.1) is 11.5 Å². The van der Waals surface area contributed by atoms with E-state index in [4.69, 9.17) is 0 Å². The second-order valence-electron chi connectivity index (χ2n) is 5.36. The maximum Gasteiger partial charge on any atom is 0.243 e. The molecule has 0 saturated carbocycles. The van der Waals surface area contributed by atoms with E-state index >= 15 is 0 Å². The van der Waals surface area contributed by atoms with E-state index in [9.17, 15) is 13.5 Å². The largest absolute Gasteiger partial charge is 0.395 e. The van der Waals surface area contributed by atoms with Crippen LogP contribution in [-0.4, -0.2) is 43.6 Å². The number of hydrogen-bond acceptors (Lipinski definition) is 4. The average Bonchev–Trinajstić information content (AvgIpc) is 2.73. The number of aliphatic hydroxyl groups is 1. The molecule has 1 aliphatic heterocycles. The number of nitrogens with one attached hydrogen (secondary N) is 1. The van der Waals surface area contributed by atoms with E-state index in [2.05, 4.69) is 5.32 Å². The number of benzene rings is 1. The van der Waals surface area contributed by atoms with Gasteiger partial charge in [0.2, 0.25) is 10.0 Å². The second kappa shape index (κ2) is 7.24. The summed E-state index contributed by atoms with van der Waals surface area (Å²) in [7, 11) is -3.53. The number of anilines is 1. The van der Waals surface area contributed by atoms with Crippen LogP contribution in [0.3, 0.4) is 0 Å². The van der Waals surface area contributed by atoms with Crippen LogP contribution in [-0.2, 0) is 10.0 Å². The molecule has 2 N–H and O–H groups in total. The van der Waals surface area contributed by atoms with Crippen LogP contribution in [0.25, 0.3) is 0 Å². The lowest BCUT2D eigenvalue weighted by Crippen LogP contribution is -2.41. The van der Waals surface area contributed by atoms with Crippen molar-refractivity contribution < 1.29 is 13.5 Å². The highest BCUT2D eigenvalue weighted by Crippen LogP contribution is 2.25. The van der Waals surface area contributed by atoms with Gasteiger partial charge >= 0.3 is 0 Å². The molecule has 1 fully saturated rings. The van der Waals surface area contributed by atoms with Crippen molar-refractivity contribution in [1.82, 2.24) is 4.31 Å². The van der Waals surface area contributed by atoms with Gasteiger partial charge in [-0.15, -0.1) is 0 Å². The minimum absolute atomic E-state index is 0.116. The number of rotatable bonds is 5. The van der Waals surface area contributed by atoms with Crippen LogP contribution in [0.2, 0.25) is 0 Å². The third kappa shape index (κ3) is 3.75. The molecule has 1 atom stereocenters. The van der Waals surface area contributed by atoms with Gasteiger partial charge in [-0.05, 0) is 44.0 Å². The highest BCUT2D eigenvalue weighted by Gasteiger charge is 2.31. The van der Waals surface area contributed by atoms with Crippen molar-refractivity contribution in [3.05, 3.63) is 24.3 Å². The maximum atomic E-state index is 12.8. The lowest BCUT2D eigenvalue weighted by molar-refractivity contribution is 0.186. The number of sulfonamides is 1. The van der Waals surface area contributed by atoms with E-state index in [0.29, 0.717) is 11.4 Å². The van der Waals surface area contributed by atoms with Crippen molar-refractivity contribution in [3.8, 4) is 0 Å². The van der Waals surface area contributed by atoms with Gasteiger partial charge in [-0.2, -0.15) is 4.31 Å². The Hall–Kier alpha value is -1.11. The van der Waals surface area contributed by atoms with Crippen LogP contribution in [0, 0.1) is 0 Å². The fourth-order valence-corrected chi connectivity index (χ4v) is 4.42. The zero-order valence-electron chi connectivity index (χ0n) is 12.5. The maximum absolute atomic E-state index is 12.8. The molecule has 1 saturated heterocycles. The quantitative estimate of drug-likeness (QED) is 0.873. The first-order valence-electron chi connectivity index (χ1n) is 7.56. The van der Waals surface area contributed by atoms with Crippen LogP contribution in [0.1, 0.15) is 32.6 Å². The third-order valence-electron chi connectivity index (χ3n) is 3.88. The molecule has 1 heterocycles. The summed E-state index contributed by atoms with van der Waals surface area (Å²) in [5, 5.41) is 12.6.